The van der Waals surface area contributed by atoms with Crippen molar-refractivity contribution in [1.29, 1.82) is 0 Å². The number of anilines is 1. The lowest BCUT2D eigenvalue weighted by Crippen LogP contribution is -2.44. The smallest absolute Gasteiger partial charge is 0.293 e. The monoisotopic (exact) mass is 414 g/mol. The molecule has 2 aromatic carbocycles. The zero-order chi connectivity index (χ0) is 21.1. The molecule has 0 bridgehead atoms. The number of rotatable bonds is 5. The second-order valence-corrected chi connectivity index (χ2v) is 7.96. The molecule has 2 fully saturated rings. The maximum absolute atomic E-state index is 15.1. The standard InChI is InChI=1S/C22H27FN4O3/c1-24-5-7-26(8-6-24)21-15-20(23)19(14-22(21)27(28)29)18-4-2-3-17(13-18)16-25-9-11-30-12-10-25/h2-4,13-15H,5-12,16H2,1H3. The lowest BCUT2D eigenvalue weighted by Gasteiger charge is -2.33. The molecule has 2 saturated heterocycles. The van der Waals surface area contributed by atoms with E-state index >= 15 is 4.39 Å². The number of nitro benzene ring substituents is 1. The third-order valence-corrected chi connectivity index (χ3v) is 5.85. The minimum atomic E-state index is -0.432. The fourth-order valence-electron chi connectivity index (χ4n) is 4.07. The van der Waals surface area contributed by atoms with Crippen molar-refractivity contribution in [2.24, 2.45) is 0 Å². The molecule has 2 aliphatic heterocycles. The van der Waals surface area contributed by atoms with Crippen LogP contribution in [0, 0.1) is 15.9 Å². The van der Waals surface area contributed by atoms with E-state index in [4.69, 9.17) is 4.74 Å². The number of benzene rings is 2. The van der Waals surface area contributed by atoms with Gasteiger partial charge in [0.25, 0.3) is 5.69 Å². The summed E-state index contributed by atoms with van der Waals surface area (Å²) in [6.45, 7) is 6.79. The number of hydrogen-bond donors (Lipinski definition) is 0. The summed E-state index contributed by atoms with van der Waals surface area (Å²) in [5.41, 5.74) is 2.29. The Bertz CT molecular complexity index is 909. The zero-order valence-electron chi connectivity index (χ0n) is 17.2. The first-order chi connectivity index (χ1) is 14.5. The molecular weight excluding hydrogens is 387 g/mol. The van der Waals surface area contributed by atoms with Gasteiger partial charge >= 0.3 is 0 Å². The van der Waals surface area contributed by atoms with Crippen molar-refractivity contribution < 1.29 is 14.1 Å². The minimum absolute atomic E-state index is 0.0467. The maximum Gasteiger partial charge on any atom is 0.293 e. The normalized spacial score (nSPS) is 18.5. The molecule has 2 aliphatic rings. The van der Waals surface area contributed by atoms with Crippen LogP contribution in [0.2, 0.25) is 0 Å². The van der Waals surface area contributed by atoms with Crippen molar-refractivity contribution in [3.05, 3.63) is 57.9 Å². The highest BCUT2D eigenvalue weighted by Gasteiger charge is 2.25. The highest BCUT2D eigenvalue weighted by atomic mass is 19.1. The first-order valence-corrected chi connectivity index (χ1v) is 10.3. The van der Waals surface area contributed by atoms with E-state index < -0.39 is 10.7 Å². The topological polar surface area (TPSA) is 62.1 Å². The molecule has 0 saturated carbocycles. The SMILES string of the molecule is CN1CCN(c2cc(F)c(-c3cccc(CN4CCOCC4)c3)cc2[N+](=O)[O-])CC1. The van der Waals surface area contributed by atoms with Gasteiger partial charge in [-0.3, -0.25) is 15.0 Å². The second kappa shape index (κ2) is 9.07. The molecule has 8 heteroatoms. The van der Waals surface area contributed by atoms with Gasteiger partial charge in [-0.15, -0.1) is 0 Å². The number of piperazine rings is 1. The Morgan fingerprint density at radius 3 is 2.50 bits per heavy atom. The van der Waals surface area contributed by atoms with Crippen LogP contribution in [0.25, 0.3) is 11.1 Å². The summed E-state index contributed by atoms with van der Waals surface area (Å²) in [5, 5.41) is 11.8. The quantitative estimate of drug-likeness (QED) is 0.554. The summed E-state index contributed by atoms with van der Waals surface area (Å²) in [4.78, 5) is 17.7. The lowest BCUT2D eigenvalue weighted by atomic mass is 10.0. The third kappa shape index (κ3) is 4.61. The van der Waals surface area contributed by atoms with E-state index in [1.165, 1.54) is 12.1 Å². The van der Waals surface area contributed by atoms with Crippen LogP contribution in [0.3, 0.4) is 0 Å². The fraction of sp³-hybridized carbons (Fsp3) is 0.455. The Morgan fingerprint density at radius 2 is 1.80 bits per heavy atom. The van der Waals surface area contributed by atoms with Gasteiger partial charge in [0.1, 0.15) is 11.5 Å². The van der Waals surface area contributed by atoms with Gasteiger partial charge < -0.3 is 14.5 Å². The van der Waals surface area contributed by atoms with Crippen LogP contribution in [0.1, 0.15) is 5.56 Å². The van der Waals surface area contributed by atoms with Crippen LogP contribution in [0.5, 0.6) is 0 Å². The number of nitro groups is 1. The van der Waals surface area contributed by atoms with E-state index in [9.17, 15) is 10.1 Å². The molecule has 0 amide bonds. The molecule has 0 spiro atoms. The van der Waals surface area contributed by atoms with Crippen molar-refractivity contribution in [2.75, 3.05) is 64.4 Å². The first kappa shape index (κ1) is 20.7. The van der Waals surface area contributed by atoms with Crippen LogP contribution in [0.15, 0.2) is 36.4 Å². The summed E-state index contributed by atoms with van der Waals surface area (Å²) in [7, 11) is 2.01. The molecule has 0 aliphatic carbocycles. The van der Waals surface area contributed by atoms with Crippen LogP contribution in [0.4, 0.5) is 15.8 Å². The van der Waals surface area contributed by atoms with Crippen molar-refractivity contribution >= 4 is 11.4 Å². The van der Waals surface area contributed by atoms with E-state index in [0.29, 0.717) is 37.6 Å². The molecule has 7 nitrogen and oxygen atoms in total. The number of halogens is 1. The highest BCUT2D eigenvalue weighted by molar-refractivity contribution is 5.75. The number of likely N-dealkylation sites (N-methyl/N-ethyl adjacent to an activating group) is 1. The van der Waals surface area contributed by atoms with Gasteiger partial charge in [-0.05, 0) is 24.2 Å². The highest BCUT2D eigenvalue weighted by Crippen LogP contribution is 2.36. The van der Waals surface area contributed by atoms with Gasteiger partial charge in [0.2, 0.25) is 0 Å². The summed E-state index contributed by atoms with van der Waals surface area (Å²) < 4.78 is 20.5. The van der Waals surface area contributed by atoms with Crippen LogP contribution >= 0.6 is 0 Å². The number of ether oxygens (including phenoxy) is 1. The summed E-state index contributed by atoms with van der Waals surface area (Å²) in [6.07, 6.45) is 0. The number of hydrogen-bond acceptors (Lipinski definition) is 6. The maximum atomic E-state index is 15.1. The molecule has 2 heterocycles. The first-order valence-electron chi connectivity index (χ1n) is 10.3. The van der Waals surface area contributed by atoms with E-state index in [2.05, 4.69) is 9.80 Å². The zero-order valence-corrected chi connectivity index (χ0v) is 17.2. The molecular formula is C22H27FN4O3. The summed E-state index contributed by atoms with van der Waals surface area (Å²) >= 11 is 0. The van der Waals surface area contributed by atoms with E-state index in [1.54, 1.807) is 6.07 Å². The van der Waals surface area contributed by atoms with Gasteiger partial charge in [-0.25, -0.2) is 4.39 Å². The van der Waals surface area contributed by atoms with Crippen molar-refractivity contribution in [3.63, 3.8) is 0 Å². The van der Waals surface area contributed by atoms with Crippen LogP contribution in [-0.4, -0.2) is 74.3 Å². The van der Waals surface area contributed by atoms with Gasteiger partial charge in [0.15, 0.2) is 0 Å². The van der Waals surface area contributed by atoms with Gasteiger partial charge in [0, 0.05) is 63.5 Å². The lowest BCUT2D eigenvalue weighted by molar-refractivity contribution is -0.384. The third-order valence-electron chi connectivity index (χ3n) is 5.85. The Balaban J connectivity index is 1.63. The van der Waals surface area contributed by atoms with Crippen LogP contribution in [-0.2, 0) is 11.3 Å². The Hall–Kier alpha value is -2.55. The van der Waals surface area contributed by atoms with Gasteiger partial charge in [-0.2, -0.15) is 0 Å². The van der Waals surface area contributed by atoms with E-state index in [1.807, 2.05) is 30.1 Å². The minimum Gasteiger partial charge on any atom is -0.379 e. The van der Waals surface area contributed by atoms with E-state index in [-0.39, 0.29) is 11.3 Å². The molecule has 0 aromatic heterocycles. The van der Waals surface area contributed by atoms with Crippen molar-refractivity contribution in [3.8, 4) is 11.1 Å². The second-order valence-electron chi connectivity index (χ2n) is 7.96. The Kier molecular flexibility index (Phi) is 6.26. The average Bonchev–Trinajstić information content (AvgIpc) is 2.75. The molecule has 4 rings (SSSR count). The summed E-state index contributed by atoms with van der Waals surface area (Å²) in [5.74, 6) is -0.432. The largest absolute Gasteiger partial charge is 0.379 e. The average molecular weight is 414 g/mol. The van der Waals surface area contributed by atoms with Gasteiger partial charge in [-0.1, -0.05) is 18.2 Å². The molecule has 0 radical (unpaired) electrons. The molecule has 0 atom stereocenters. The van der Waals surface area contributed by atoms with Crippen molar-refractivity contribution in [2.45, 2.75) is 6.54 Å². The Labute approximate surface area is 175 Å². The molecule has 0 unspecified atom stereocenters. The van der Waals surface area contributed by atoms with Crippen molar-refractivity contribution in [1.82, 2.24) is 9.80 Å². The predicted molar refractivity (Wildman–Crippen MR) is 114 cm³/mol. The molecule has 160 valence electrons. The van der Waals surface area contributed by atoms with Gasteiger partial charge in [0.05, 0.1) is 18.1 Å². The van der Waals surface area contributed by atoms with Crippen LogP contribution < -0.4 is 4.90 Å². The number of nitrogens with zero attached hydrogens (tertiary/aromatic N) is 4. The number of morpholine rings is 1. The predicted octanol–water partition coefficient (Wildman–Crippen LogP) is 2.98. The molecule has 2 aromatic rings. The fourth-order valence-corrected chi connectivity index (χ4v) is 4.07. The molecule has 0 N–H and O–H groups in total. The molecule has 30 heavy (non-hydrogen) atoms. The van der Waals surface area contributed by atoms with E-state index in [0.717, 1.165) is 38.3 Å². The Morgan fingerprint density at radius 1 is 1.07 bits per heavy atom. The summed E-state index contributed by atoms with van der Waals surface area (Å²) in [6, 6.07) is 10.3.